The average molecular weight is 261 g/mol. The predicted molar refractivity (Wildman–Crippen MR) is 19.9 cm³/mol. The Hall–Kier alpha value is 1.29. The predicted octanol–water partition coefficient (Wildman–Crippen LogP) is -1.15. The van der Waals surface area contributed by atoms with E-state index in [0.29, 0.717) is 0 Å². The van der Waals surface area contributed by atoms with Gasteiger partial charge in [-0.05, 0) is 0 Å². The summed E-state index contributed by atoms with van der Waals surface area (Å²) in [5, 5.41) is 0. The summed E-state index contributed by atoms with van der Waals surface area (Å²) in [6.07, 6.45) is 0. The molecule has 0 spiro atoms. The molecule has 0 amide bonds. The van der Waals surface area contributed by atoms with Gasteiger partial charge in [-0.3, -0.25) is 0 Å². The van der Waals surface area contributed by atoms with E-state index in [9.17, 15) is 0 Å². The normalized spacial score (nSPS) is 5.67. The van der Waals surface area contributed by atoms with Crippen LogP contribution in [0, 0.1) is 0 Å². The second kappa shape index (κ2) is 9.56. The Morgan fingerprint density at radius 1 is 1.33 bits per heavy atom. The van der Waals surface area contributed by atoms with Gasteiger partial charge in [0, 0.05) is 33.4 Å². The van der Waals surface area contributed by atoms with Crippen molar-refractivity contribution in [1.82, 2.24) is 0 Å². The maximum absolute atomic E-state index is 8.56. The van der Waals surface area contributed by atoms with Gasteiger partial charge in [0.2, 0.25) is 0 Å². The van der Waals surface area contributed by atoms with Gasteiger partial charge in [0.25, 0.3) is 0 Å². The van der Waals surface area contributed by atoms with E-state index in [-0.39, 0.29) is 42.2 Å². The number of rotatable bonds is 0. The first-order valence-electron chi connectivity index (χ1n) is 0.516. The van der Waals surface area contributed by atoms with Crippen molar-refractivity contribution in [3.8, 4) is 0 Å². The van der Waals surface area contributed by atoms with Gasteiger partial charge < -0.3 is 13.0 Å². The van der Waals surface area contributed by atoms with Gasteiger partial charge in [-0.2, -0.15) is 0 Å². The van der Waals surface area contributed by atoms with E-state index in [4.69, 9.17) is 13.0 Å². The summed E-state index contributed by atoms with van der Waals surface area (Å²) in [4.78, 5) is 0. The molecule has 0 aliphatic carbocycles. The molecule has 1 N–H and O–H groups in total. The van der Waals surface area contributed by atoms with Crippen LogP contribution in [-0.2, 0) is 41.8 Å². The molecule has 0 saturated carbocycles. The Morgan fingerprint density at radius 2 is 1.33 bits per heavy atom. The van der Waals surface area contributed by atoms with Gasteiger partial charge in [-0.25, -0.2) is 0 Å². The standard InChI is InChI=1S/Ag.Ga.HO3S.2H/c;;1-4(2)3;;/h;;(H,1,2,3);;/q;;-1;;. The summed E-state index contributed by atoms with van der Waals surface area (Å²) in [6, 6.07) is 0. The topological polar surface area (TPSA) is 54.4 Å². The minimum atomic E-state index is -2.86. The van der Waals surface area contributed by atoms with Crippen molar-refractivity contribution in [2.75, 3.05) is 0 Å². The van der Waals surface area contributed by atoms with Gasteiger partial charge in [-0.1, -0.05) is 0 Å². The molecule has 0 heterocycles. The van der Waals surface area contributed by atoms with Crippen LogP contribution in [-0.4, -0.2) is 24.3 Å². The van der Waals surface area contributed by atoms with E-state index >= 15 is 0 Å². The Balaban J connectivity index is -0.0000000450. The monoisotopic (exact) mass is 259 g/mol. The molecule has 0 aliphatic heterocycles. The fraction of sp³-hybridized carbons (Fsp3) is 0. The molecule has 3 nitrogen and oxygen atoms in total. The van der Waals surface area contributed by atoms with Crippen molar-refractivity contribution >= 4 is 30.8 Å². The molecule has 6 heavy (non-hydrogen) atoms. The van der Waals surface area contributed by atoms with E-state index in [0.717, 1.165) is 0 Å². The third kappa shape index (κ3) is 58.7. The van der Waals surface area contributed by atoms with Gasteiger partial charge in [0.1, 0.15) is 0 Å². The maximum atomic E-state index is 8.56. The molecule has 42 valence electrons. The molecule has 6 heteroatoms. The zero-order valence-corrected chi connectivity index (χ0v) is 9.47. The first-order chi connectivity index (χ1) is 1.73. The SMILES string of the molecule is O=[S-](=O)O.[Ag].[GaH2]. The first kappa shape index (κ1) is 15.7. The summed E-state index contributed by atoms with van der Waals surface area (Å²) in [5.41, 5.74) is 0. The molecular formula is H3AgGaO3S-. The fourth-order valence-corrected chi connectivity index (χ4v) is 0. The molecule has 0 bridgehead atoms. The molecule has 0 aromatic rings. The molecule has 2 radical (unpaired) electrons. The summed E-state index contributed by atoms with van der Waals surface area (Å²) in [7, 11) is -2.86. The second-order valence-corrected chi connectivity index (χ2v) is 0.651. The van der Waals surface area contributed by atoms with Crippen LogP contribution in [0.5, 0.6) is 0 Å². The van der Waals surface area contributed by atoms with E-state index in [1.54, 1.807) is 0 Å². The zero-order valence-electron chi connectivity index (χ0n) is 2.97. The van der Waals surface area contributed by atoms with Crippen LogP contribution in [0.25, 0.3) is 0 Å². The Morgan fingerprint density at radius 3 is 1.33 bits per heavy atom. The summed E-state index contributed by atoms with van der Waals surface area (Å²) in [6.45, 7) is 0. The van der Waals surface area contributed by atoms with Crippen molar-refractivity contribution in [2.24, 2.45) is 0 Å². The van der Waals surface area contributed by atoms with Gasteiger partial charge in [-0.15, -0.1) is 0 Å². The zero-order chi connectivity index (χ0) is 3.58. The Bertz CT molecular complexity index is 59.2. The molecular weight excluding hydrogens is 258 g/mol. The second-order valence-electron chi connectivity index (χ2n) is 0.217. The van der Waals surface area contributed by atoms with Crippen molar-refractivity contribution in [3.63, 3.8) is 0 Å². The van der Waals surface area contributed by atoms with Crippen LogP contribution in [0.3, 0.4) is 0 Å². The van der Waals surface area contributed by atoms with Crippen LogP contribution in [0.1, 0.15) is 0 Å². The molecule has 0 aromatic heterocycles. The van der Waals surface area contributed by atoms with Crippen molar-refractivity contribution in [2.45, 2.75) is 0 Å². The number of hydrogen-bond donors (Lipinski definition) is 1. The third-order valence-electron chi connectivity index (χ3n) is 0. The van der Waals surface area contributed by atoms with Crippen LogP contribution >= 0.6 is 0 Å². The van der Waals surface area contributed by atoms with Crippen molar-refractivity contribution in [3.05, 3.63) is 0 Å². The Kier molecular flexibility index (Phi) is 25.0. The van der Waals surface area contributed by atoms with E-state index in [1.807, 2.05) is 0 Å². The first-order valence-corrected chi connectivity index (χ1v) is 1.55. The molecule has 0 saturated heterocycles. The van der Waals surface area contributed by atoms with E-state index < -0.39 is 11.0 Å². The van der Waals surface area contributed by atoms with Crippen molar-refractivity contribution in [1.29, 1.82) is 0 Å². The van der Waals surface area contributed by atoms with Crippen LogP contribution in [0.4, 0.5) is 0 Å². The fourth-order valence-electron chi connectivity index (χ4n) is 0. The third-order valence-corrected chi connectivity index (χ3v) is 0. The molecule has 0 rings (SSSR count). The molecule has 0 unspecified atom stereocenters. The average Bonchev–Trinajstić information content (AvgIpc) is 0.811. The van der Waals surface area contributed by atoms with E-state index in [1.165, 1.54) is 0 Å². The van der Waals surface area contributed by atoms with E-state index in [2.05, 4.69) is 0 Å². The molecule has 0 fully saturated rings. The van der Waals surface area contributed by atoms with Crippen LogP contribution < -0.4 is 0 Å². The summed E-state index contributed by atoms with van der Waals surface area (Å²) in [5.74, 6) is 0. The van der Waals surface area contributed by atoms with Crippen LogP contribution in [0.2, 0.25) is 0 Å². The van der Waals surface area contributed by atoms with Crippen LogP contribution in [0.15, 0.2) is 0 Å². The van der Waals surface area contributed by atoms with Crippen molar-refractivity contribution < 1.29 is 35.4 Å². The molecule has 0 atom stereocenters. The summed E-state index contributed by atoms with van der Waals surface area (Å²) < 4.78 is 24.1. The van der Waals surface area contributed by atoms with Gasteiger partial charge in [0.15, 0.2) is 0 Å². The quantitative estimate of drug-likeness (QED) is 0.259. The van der Waals surface area contributed by atoms with Gasteiger partial charge in [0.05, 0.1) is 0 Å². The van der Waals surface area contributed by atoms with Gasteiger partial charge >= 0.3 is 19.8 Å². The minimum absolute atomic E-state index is 0. The Labute approximate surface area is 65.8 Å². The summed E-state index contributed by atoms with van der Waals surface area (Å²) >= 11 is 0. The number of hydrogen-bond acceptors (Lipinski definition) is 3. The molecule has 0 aliphatic rings. The molecule has 0 aromatic carbocycles.